The number of aryl methyl sites for hydroxylation is 2. The maximum absolute atomic E-state index is 12.5. The standard InChI is InChI=1S/C29H35N5O2/c1-4-5-28(34-14-12-24(13-15-34)23-10-7-22(18-30)8-11-23)25-9-6-20(2)27(17-25)32-29(35)31-19-26-16-21(3)36-33-26/h5-10,16-17,23-24H,4,11-15,19H2,1-3H3,(H2,31,32,35). The molecule has 36 heavy (non-hydrogen) atoms. The van der Waals surface area contributed by atoms with E-state index in [0.29, 0.717) is 24.1 Å². The fourth-order valence-corrected chi connectivity index (χ4v) is 5.02. The van der Waals surface area contributed by atoms with E-state index in [4.69, 9.17) is 9.78 Å². The van der Waals surface area contributed by atoms with Gasteiger partial charge in [-0.25, -0.2) is 4.79 Å². The molecule has 4 rings (SSSR count). The minimum Gasteiger partial charge on any atom is -0.371 e. The van der Waals surface area contributed by atoms with Crippen molar-refractivity contribution in [2.45, 2.75) is 53.0 Å². The van der Waals surface area contributed by atoms with Crippen molar-refractivity contribution in [3.05, 3.63) is 76.7 Å². The summed E-state index contributed by atoms with van der Waals surface area (Å²) in [6.45, 7) is 8.30. The van der Waals surface area contributed by atoms with Crippen LogP contribution < -0.4 is 10.6 Å². The highest BCUT2D eigenvalue weighted by molar-refractivity contribution is 5.90. The molecule has 2 amide bonds. The van der Waals surface area contributed by atoms with Gasteiger partial charge in [0, 0.05) is 36.1 Å². The van der Waals surface area contributed by atoms with Crippen LogP contribution in [0.5, 0.6) is 0 Å². The van der Waals surface area contributed by atoms with E-state index in [2.05, 4.69) is 70.1 Å². The number of nitriles is 1. The van der Waals surface area contributed by atoms with Crippen molar-refractivity contribution in [3.63, 3.8) is 0 Å². The van der Waals surface area contributed by atoms with Gasteiger partial charge < -0.3 is 20.1 Å². The summed E-state index contributed by atoms with van der Waals surface area (Å²) in [4.78, 5) is 15.0. The second-order valence-corrected chi connectivity index (χ2v) is 9.62. The van der Waals surface area contributed by atoms with Crippen LogP contribution in [-0.2, 0) is 6.54 Å². The molecule has 2 aromatic rings. The second kappa shape index (κ2) is 11.8. The highest BCUT2D eigenvalue weighted by atomic mass is 16.5. The molecule has 1 aromatic carbocycles. The van der Waals surface area contributed by atoms with Gasteiger partial charge >= 0.3 is 6.03 Å². The number of benzene rings is 1. The number of amides is 2. The van der Waals surface area contributed by atoms with Gasteiger partial charge in [-0.1, -0.05) is 42.4 Å². The normalized spacial score (nSPS) is 18.5. The Hall–Kier alpha value is -3.79. The number of nitrogens with one attached hydrogen (secondary N) is 2. The molecule has 0 bridgehead atoms. The van der Waals surface area contributed by atoms with E-state index in [1.807, 2.05) is 26.0 Å². The number of aromatic nitrogens is 1. The minimum atomic E-state index is -0.271. The Morgan fingerprint density at radius 3 is 2.72 bits per heavy atom. The van der Waals surface area contributed by atoms with Crippen molar-refractivity contribution in [1.29, 1.82) is 5.26 Å². The van der Waals surface area contributed by atoms with Crippen LogP contribution >= 0.6 is 0 Å². The average Bonchev–Trinajstić information content (AvgIpc) is 3.33. The van der Waals surface area contributed by atoms with Gasteiger partial charge in [0.2, 0.25) is 0 Å². The summed E-state index contributed by atoms with van der Waals surface area (Å²) in [5.74, 6) is 1.89. The van der Waals surface area contributed by atoms with Crippen LogP contribution in [0.4, 0.5) is 10.5 Å². The zero-order valence-corrected chi connectivity index (χ0v) is 21.4. The van der Waals surface area contributed by atoms with E-state index in [1.165, 1.54) is 5.70 Å². The van der Waals surface area contributed by atoms with Gasteiger partial charge in [0.15, 0.2) is 0 Å². The summed E-state index contributed by atoms with van der Waals surface area (Å²) >= 11 is 0. The van der Waals surface area contributed by atoms with Gasteiger partial charge in [-0.3, -0.25) is 0 Å². The summed E-state index contributed by atoms with van der Waals surface area (Å²) in [7, 11) is 0. The predicted octanol–water partition coefficient (Wildman–Crippen LogP) is 6.10. The summed E-state index contributed by atoms with van der Waals surface area (Å²) in [5, 5.41) is 18.8. The van der Waals surface area contributed by atoms with Gasteiger partial charge in [0.1, 0.15) is 11.5 Å². The van der Waals surface area contributed by atoms with Crippen molar-refractivity contribution in [2.24, 2.45) is 11.8 Å². The zero-order valence-electron chi connectivity index (χ0n) is 21.4. The van der Waals surface area contributed by atoms with E-state index in [1.54, 1.807) is 0 Å². The molecule has 1 aromatic heterocycles. The maximum atomic E-state index is 12.5. The van der Waals surface area contributed by atoms with Crippen LogP contribution in [0.15, 0.2) is 58.7 Å². The maximum Gasteiger partial charge on any atom is 0.319 e. The number of anilines is 1. The topological polar surface area (TPSA) is 94.2 Å². The first-order chi connectivity index (χ1) is 17.5. The van der Waals surface area contributed by atoms with E-state index >= 15 is 0 Å². The highest BCUT2D eigenvalue weighted by Gasteiger charge is 2.27. The zero-order chi connectivity index (χ0) is 25.5. The van der Waals surface area contributed by atoms with Gasteiger partial charge in [0.25, 0.3) is 0 Å². The van der Waals surface area contributed by atoms with E-state index in [0.717, 1.165) is 66.9 Å². The van der Waals surface area contributed by atoms with Crippen LogP contribution in [0.1, 0.15) is 55.2 Å². The largest absolute Gasteiger partial charge is 0.371 e. The lowest BCUT2D eigenvalue weighted by molar-refractivity contribution is 0.216. The summed E-state index contributed by atoms with van der Waals surface area (Å²) < 4.78 is 5.06. The number of piperidine rings is 1. The van der Waals surface area contributed by atoms with Crippen molar-refractivity contribution in [1.82, 2.24) is 15.4 Å². The number of hydrogen-bond donors (Lipinski definition) is 2. The van der Waals surface area contributed by atoms with Gasteiger partial charge in [-0.05, 0) is 74.6 Å². The number of urea groups is 1. The molecular weight excluding hydrogens is 450 g/mol. The number of nitrogens with zero attached hydrogens (tertiary/aromatic N) is 3. The molecule has 0 spiro atoms. The van der Waals surface area contributed by atoms with Crippen molar-refractivity contribution in [2.75, 3.05) is 18.4 Å². The van der Waals surface area contributed by atoms with Crippen molar-refractivity contribution >= 4 is 17.4 Å². The molecule has 1 atom stereocenters. The Morgan fingerprint density at radius 1 is 1.28 bits per heavy atom. The first-order valence-corrected chi connectivity index (χ1v) is 12.8. The van der Waals surface area contributed by atoms with E-state index in [9.17, 15) is 4.79 Å². The molecular formula is C29H35N5O2. The van der Waals surface area contributed by atoms with Crippen LogP contribution in [-0.4, -0.2) is 29.2 Å². The molecule has 1 aliphatic heterocycles. The molecule has 7 nitrogen and oxygen atoms in total. The summed E-state index contributed by atoms with van der Waals surface area (Å²) in [5.41, 5.74) is 5.61. The lowest BCUT2D eigenvalue weighted by Crippen LogP contribution is -2.35. The summed E-state index contributed by atoms with van der Waals surface area (Å²) in [6, 6.07) is 10.1. The summed E-state index contributed by atoms with van der Waals surface area (Å²) in [6.07, 6.45) is 12.7. The Bertz CT molecular complexity index is 1210. The number of rotatable bonds is 7. The van der Waals surface area contributed by atoms with Crippen molar-refractivity contribution in [3.8, 4) is 6.07 Å². The van der Waals surface area contributed by atoms with Crippen LogP contribution in [0.2, 0.25) is 0 Å². The molecule has 7 heteroatoms. The van der Waals surface area contributed by atoms with E-state index < -0.39 is 0 Å². The number of allylic oxidation sites excluding steroid dienone is 5. The first kappa shape index (κ1) is 25.3. The Kier molecular flexibility index (Phi) is 8.27. The first-order valence-electron chi connectivity index (χ1n) is 12.8. The third kappa shape index (κ3) is 6.25. The smallest absolute Gasteiger partial charge is 0.319 e. The number of carbonyl (C=O) groups is 1. The third-order valence-electron chi connectivity index (χ3n) is 7.03. The van der Waals surface area contributed by atoms with Gasteiger partial charge in [-0.2, -0.15) is 5.26 Å². The van der Waals surface area contributed by atoms with E-state index in [-0.39, 0.29) is 6.03 Å². The molecule has 1 saturated heterocycles. The number of hydrogen-bond acceptors (Lipinski definition) is 5. The lowest BCUT2D eigenvalue weighted by Gasteiger charge is -2.38. The quantitative estimate of drug-likeness (QED) is 0.494. The molecule has 1 aliphatic carbocycles. The SMILES string of the molecule is CCC=C(c1ccc(C)c(NC(=O)NCc2cc(C)on2)c1)N1CCC(C2C=CC(C#N)=CC2)CC1. The monoisotopic (exact) mass is 485 g/mol. The van der Waals surface area contributed by atoms with Crippen molar-refractivity contribution < 1.29 is 9.32 Å². The average molecular weight is 486 g/mol. The fraction of sp³-hybridized carbons (Fsp3) is 0.414. The van der Waals surface area contributed by atoms with Gasteiger partial charge in [0.05, 0.1) is 12.6 Å². The Balaban J connectivity index is 1.39. The molecule has 2 heterocycles. The molecule has 2 aliphatic rings. The number of carbonyl (C=O) groups excluding carboxylic acids is 1. The second-order valence-electron chi connectivity index (χ2n) is 9.62. The van der Waals surface area contributed by atoms with Crippen LogP contribution in [0.3, 0.4) is 0 Å². The molecule has 1 fully saturated rings. The predicted molar refractivity (Wildman–Crippen MR) is 142 cm³/mol. The molecule has 1 unspecified atom stereocenters. The molecule has 0 radical (unpaired) electrons. The third-order valence-corrected chi connectivity index (χ3v) is 7.03. The molecule has 2 N–H and O–H groups in total. The van der Waals surface area contributed by atoms with Gasteiger partial charge in [-0.15, -0.1) is 0 Å². The lowest BCUT2D eigenvalue weighted by atomic mass is 9.79. The highest BCUT2D eigenvalue weighted by Crippen LogP contribution is 2.35. The fourth-order valence-electron chi connectivity index (χ4n) is 5.02. The minimum absolute atomic E-state index is 0.271. The van der Waals surface area contributed by atoms with Crippen LogP contribution in [0.25, 0.3) is 5.70 Å². The Labute approximate surface area is 213 Å². The van der Waals surface area contributed by atoms with Crippen LogP contribution in [0, 0.1) is 37.0 Å². The molecule has 188 valence electrons. The Morgan fingerprint density at radius 2 is 2.08 bits per heavy atom. The number of likely N-dealkylation sites (tertiary alicyclic amines) is 1. The molecule has 0 saturated carbocycles.